The summed E-state index contributed by atoms with van der Waals surface area (Å²) in [7, 11) is 0. The molecule has 0 saturated heterocycles. The van der Waals surface area contributed by atoms with Gasteiger partial charge in [-0.3, -0.25) is 10.2 Å². The Hall–Kier alpha value is -3.02. The normalized spacial score (nSPS) is 9.71. The van der Waals surface area contributed by atoms with Crippen molar-refractivity contribution in [3.8, 4) is 5.75 Å². The summed E-state index contributed by atoms with van der Waals surface area (Å²) < 4.78 is 5.58. The van der Waals surface area contributed by atoms with Crippen LogP contribution in [0.3, 0.4) is 0 Å². The molecule has 0 aliphatic rings. The Morgan fingerprint density at radius 1 is 0.952 bits per heavy atom. The molecule has 2 aromatic rings. The second-order valence-corrected chi connectivity index (χ2v) is 4.18. The molecule has 0 unspecified atom stereocenters. The minimum absolute atomic E-state index is 0.329. The largest absolute Gasteiger partial charge is 0.489 e. The van der Waals surface area contributed by atoms with Gasteiger partial charge in [0.25, 0.3) is 5.91 Å². The molecule has 108 valence electrons. The van der Waals surface area contributed by atoms with Gasteiger partial charge in [0.05, 0.1) is 0 Å². The van der Waals surface area contributed by atoms with E-state index in [2.05, 4.69) is 0 Å². The van der Waals surface area contributed by atoms with E-state index in [0.717, 1.165) is 5.56 Å². The number of hydrogen-bond donors (Lipinski definition) is 3. The van der Waals surface area contributed by atoms with Gasteiger partial charge in [0.15, 0.2) is 0 Å². The van der Waals surface area contributed by atoms with E-state index in [4.69, 9.17) is 9.84 Å². The van der Waals surface area contributed by atoms with Crippen molar-refractivity contribution in [2.24, 2.45) is 0 Å². The maximum absolute atomic E-state index is 11.6. The third-order valence-electron chi connectivity index (χ3n) is 2.65. The Labute approximate surface area is 121 Å². The highest BCUT2D eigenvalue weighted by atomic mass is 16.5. The van der Waals surface area contributed by atoms with Crippen LogP contribution in [-0.4, -0.2) is 17.1 Å². The van der Waals surface area contributed by atoms with E-state index in [1.807, 2.05) is 35.8 Å². The van der Waals surface area contributed by atoms with Crippen LogP contribution in [0.5, 0.6) is 5.75 Å². The van der Waals surface area contributed by atoms with Crippen LogP contribution in [0.15, 0.2) is 54.6 Å². The molecular weight excluding hydrogens is 272 g/mol. The first kappa shape index (κ1) is 14.4. The van der Waals surface area contributed by atoms with Gasteiger partial charge < -0.3 is 9.84 Å². The fourth-order valence-corrected chi connectivity index (χ4v) is 1.63. The number of carboxylic acid groups (broad SMARTS) is 1. The molecule has 0 fully saturated rings. The lowest BCUT2D eigenvalue weighted by atomic mass is 10.2. The molecule has 0 aromatic heterocycles. The van der Waals surface area contributed by atoms with Crippen molar-refractivity contribution >= 4 is 12.0 Å². The molecule has 0 bridgehead atoms. The Bertz CT molecular complexity index is 611. The molecule has 0 radical (unpaired) electrons. The van der Waals surface area contributed by atoms with E-state index in [-0.39, 0.29) is 0 Å². The zero-order chi connectivity index (χ0) is 15.1. The van der Waals surface area contributed by atoms with Gasteiger partial charge in [-0.15, -0.1) is 0 Å². The van der Waals surface area contributed by atoms with Crippen molar-refractivity contribution in [1.29, 1.82) is 0 Å². The number of nitrogens with one attached hydrogen (secondary N) is 2. The van der Waals surface area contributed by atoms with Crippen LogP contribution in [-0.2, 0) is 6.61 Å². The van der Waals surface area contributed by atoms with Gasteiger partial charge in [0, 0.05) is 5.56 Å². The van der Waals surface area contributed by atoms with E-state index in [1.54, 1.807) is 29.7 Å². The highest BCUT2D eigenvalue weighted by molar-refractivity contribution is 5.94. The Morgan fingerprint density at radius 2 is 1.62 bits per heavy atom. The summed E-state index contributed by atoms with van der Waals surface area (Å²) in [5.41, 5.74) is 5.21. The Morgan fingerprint density at radius 3 is 2.24 bits per heavy atom. The summed E-state index contributed by atoms with van der Waals surface area (Å²) in [5, 5.41) is 8.39. The van der Waals surface area contributed by atoms with E-state index in [0.29, 0.717) is 17.9 Å². The van der Waals surface area contributed by atoms with Crippen molar-refractivity contribution in [3.63, 3.8) is 0 Å². The standard InChI is InChI=1S/C15H14N2O4/c18-14(16-17-15(19)20)12-6-8-13(9-7-12)21-10-11-4-2-1-3-5-11/h1-9,17H,10H2,(H,16,18)(H,19,20). The minimum atomic E-state index is -1.33. The van der Waals surface area contributed by atoms with Crippen LogP contribution in [0, 0.1) is 0 Å². The summed E-state index contributed by atoms with van der Waals surface area (Å²) in [6, 6.07) is 16.1. The number of ether oxygens (including phenoxy) is 1. The molecule has 21 heavy (non-hydrogen) atoms. The van der Waals surface area contributed by atoms with Gasteiger partial charge >= 0.3 is 6.09 Å². The molecule has 0 atom stereocenters. The number of benzene rings is 2. The first-order valence-corrected chi connectivity index (χ1v) is 6.21. The van der Waals surface area contributed by atoms with Crippen LogP contribution in [0.25, 0.3) is 0 Å². The highest BCUT2D eigenvalue weighted by Gasteiger charge is 2.06. The first-order valence-electron chi connectivity index (χ1n) is 6.21. The minimum Gasteiger partial charge on any atom is -0.489 e. The van der Waals surface area contributed by atoms with Crippen LogP contribution < -0.4 is 15.6 Å². The smallest absolute Gasteiger partial charge is 0.423 e. The third-order valence-corrected chi connectivity index (χ3v) is 2.65. The fourth-order valence-electron chi connectivity index (χ4n) is 1.63. The van der Waals surface area contributed by atoms with Crippen molar-refractivity contribution in [2.75, 3.05) is 0 Å². The molecule has 6 nitrogen and oxygen atoms in total. The topological polar surface area (TPSA) is 87.7 Å². The number of hydrogen-bond acceptors (Lipinski definition) is 3. The number of amides is 2. The van der Waals surface area contributed by atoms with E-state index in [9.17, 15) is 9.59 Å². The number of carbonyl (C=O) groups excluding carboxylic acids is 1. The maximum atomic E-state index is 11.6. The molecular formula is C15H14N2O4. The third kappa shape index (κ3) is 4.54. The van der Waals surface area contributed by atoms with E-state index < -0.39 is 12.0 Å². The van der Waals surface area contributed by atoms with Gasteiger partial charge in [-0.05, 0) is 29.8 Å². The highest BCUT2D eigenvalue weighted by Crippen LogP contribution is 2.14. The van der Waals surface area contributed by atoms with Crippen LogP contribution >= 0.6 is 0 Å². The lowest BCUT2D eigenvalue weighted by molar-refractivity contribution is 0.0926. The van der Waals surface area contributed by atoms with Gasteiger partial charge in [-0.1, -0.05) is 30.3 Å². The summed E-state index contributed by atoms with van der Waals surface area (Å²) >= 11 is 0. The molecule has 2 amide bonds. The average molecular weight is 286 g/mol. The lowest BCUT2D eigenvalue weighted by Crippen LogP contribution is -2.40. The Kier molecular flexibility index (Phi) is 4.76. The number of hydrazine groups is 1. The zero-order valence-electron chi connectivity index (χ0n) is 11.1. The second kappa shape index (κ2) is 6.95. The van der Waals surface area contributed by atoms with Crippen molar-refractivity contribution < 1.29 is 19.4 Å². The van der Waals surface area contributed by atoms with Crippen LogP contribution in [0.1, 0.15) is 15.9 Å². The van der Waals surface area contributed by atoms with Gasteiger partial charge in [-0.2, -0.15) is 0 Å². The molecule has 0 spiro atoms. The maximum Gasteiger partial charge on any atom is 0.423 e. The average Bonchev–Trinajstić information content (AvgIpc) is 2.52. The molecule has 6 heteroatoms. The SMILES string of the molecule is O=C(O)NNC(=O)c1ccc(OCc2ccccc2)cc1. The van der Waals surface area contributed by atoms with Crippen LogP contribution in [0.2, 0.25) is 0 Å². The molecule has 0 aliphatic carbocycles. The number of rotatable bonds is 4. The van der Waals surface area contributed by atoms with E-state index >= 15 is 0 Å². The summed E-state index contributed by atoms with van der Waals surface area (Å²) in [4.78, 5) is 21.8. The van der Waals surface area contributed by atoms with Gasteiger partial charge in [0.1, 0.15) is 12.4 Å². The van der Waals surface area contributed by atoms with Crippen molar-refractivity contribution in [2.45, 2.75) is 6.61 Å². The van der Waals surface area contributed by atoms with Gasteiger partial charge in [0.2, 0.25) is 0 Å². The monoisotopic (exact) mass is 286 g/mol. The Balaban J connectivity index is 1.89. The van der Waals surface area contributed by atoms with E-state index in [1.165, 1.54) is 0 Å². The summed E-state index contributed by atoms with van der Waals surface area (Å²) in [6.45, 7) is 0.437. The predicted molar refractivity (Wildman–Crippen MR) is 75.8 cm³/mol. The second-order valence-electron chi connectivity index (χ2n) is 4.18. The molecule has 0 heterocycles. The molecule has 0 saturated carbocycles. The van der Waals surface area contributed by atoms with Crippen molar-refractivity contribution in [3.05, 3.63) is 65.7 Å². The van der Waals surface area contributed by atoms with Crippen LogP contribution in [0.4, 0.5) is 4.79 Å². The molecule has 0 aliphatic heterocycles. The first-order chi connectivity index (χ1) is 10.1. The van der Waals surface area contributed by atoms with Crippen molar-refractivity contribution in [1.82, 2.24) is 10.9 Å². The fraction of sp³-hybridized carbons (Fsp3) is 0.0667. The molecule has 2 rings (SSSR count). The lowest BCUT2D eigenvalue weighted by Gasteiger charge is -2.07. The zero-order valence-corrected chi connectivity index (χ0v) is 11.1. The van der Waals surface area contributed by atoms with Gasteiger partial charge in [-0.25, -0.2) is 10.2 Å². The summed E-state index contributed by atoms with van der Waals surface area (Å²) in [5.74, 6) is 0.0913. The molecule has 2 aromatic carbocycles. The predicted octanol–water partition coefficient (Wildman–Crippen LogP) is 2.18. The number of carbonyl (C=O) groups is 2. The quantitative estimate of drug-likeness (QED) is 0.752. The summed E-state index contributed by atoms with van der Waals surface area (Å²) in [6.07, 6.45) is -1.33. The molecule has 3 N–H and O–H groups in total.